The summed E-state index contributed by atoms with van der Waals surface area (Å²) in [5, 5.41) is 0.947. The van der Waals surface area contributed by atoms with E-state index in [0.717, 1.165) is 33.2 Å². The lowest BCUT2D eigenvalue weighted by Gasteiger charge is -2.32. The maximum atomic E-state index is 13.7. The van der Waals surface area contributed by atoms with E-state index in [1.54, 1.807) is 18.8 Å². The number of benzene rings is 2. The van der Waals surface area contributed by atoms with Gasteiger partial charge in [-0.05, 0) is 89.7 Å². The van der Waals surface area contributed by atoms with Crippen LogP contribution in [0.15, 0.2) is 36.4 Å². The number of aromatic nitrogens is 1. The Morgan fingerprint density at radius 2 is 1.53 bits per heavy atom. The lowest BCUT2D eigenvalue weighted by atomic mass is 9.78. The van der Waals surface area contributed by atoms with Crippen molar-refractivity contribution >= 4 is 29.6 Å². The SMILES string of the molecule is COc1ccc(-c2c(C(C)C)c3cc(B4OC(C)(C)C(C)(C)O4)ccc3n2C(=O)OC(C)(C)C)cc1OC. The van der Waals surface area contributed by atoms with Crippen LogP contribution in [0.25, 0.3) is 22.2 Å². The molecule has 1 fully saturated rings. The average molecular weight is 521 g/mol. The molecule has 0 radical (unpaired) electrons. The predicted octanol–water partition coefficient (Wildman–Crippen LogP) is 6.53. The molecule has 1 aromatic heterocycles. The average Bonchev–Trinajstić information content (AvgIpc) is 3.27. The third-order valence-electron chi connectivity index (χ3n) is 7.37. The van der Waals surface area contributed by atoms with Crippen molar-refractivity contribution < 1.29 is 28.3 Å². The number of fused-ring (bicyclic) bond motifs is 1. The molecule has 8 heteroatoms. The van der Waals surface area contributed by atoms with Crippen LogP contribution in [0.5, 0.6) is 11.5 Å². The number of carbonyl (C=O) groups excluding carboxylic acids is 1. The quantitative estimate of drug-likeness (QED) is 0.356. The summed E-state index contributed by atoms with van der Waals surface area (Å²) in [6.07, 6.45) is -0.442. The van der Waals surface area contributed by atoms with E-state index in [-0.39, 0.29) is 5.92 Å². The van der Waals surface area contributed by atoms with E-state index in [0.29, 0.717) is 11.5 Å². The number of hydrogen-bond acceptors (Lipinski definition) is 6. The lowest BCUT2D eigenvalue weighted by molar-refractivity contribution is 0.00578. The van der Waals surface area contributed by atoms with Gasteiger partial charge in [-0.1, -0.05) is 26.0 Å². The molecule has 3 aromatic rings. The first-order chi connectivity index (χ1) is 17.6. The summed E-state index contributed by atoms with van der Waals surface area (Å²) < 4.78 is 31.3. The zero-order valence-electron chi connectivity index (χ0n) is 24.5. The molecule has 0 spiro atoms. The first-order valence-corrected chi connectivity index (χ1v) is 13.1. The minimum absolute atomic E-state index is 0.0952. The second-order valence-electron chi connectivity index (χ2n) is 12.2. The van der Waals surface area contributed by atoms with Crippen molar-refractivity contribution in [3.05, 3.63) is 42.0 Å². The Labute approximate surface area is 226 Å². The summed E-state index contributed by atoms with van der Waals surface area (Å²) in [4.78, 5) is 13.7. The molecular formula is C30H40BNO6. The summed E-state index contributed by atoms with van der Waals surface area (Å²) in [6.45, 7) is 18.0. The molecule has 1 aliphatic rings. The molecule has 0 aliphatic carbocycles. The first-order valence-electron chi connectivity index (χ1n) is 13.1. The monoisotopic (exact) mass is 521 g/mol. The maximum Gasteiger partial charge on any atom is 0.494 e. The number of hydrogen-bond donors (Lipinski definition) is 0. The fourth-order valence-corrected chi connectivity index (χ4v) is 4.81. The molecular weight excluding hydrogens is 481 g/mol. The standard InChI is InChI=1S/C30H40BNO6/c1-18(2)25-21-17-20(31-37-29(6,7)30(8,9)38-31)13-14-22(21)32(27(33)36-28(3,4)5)26(25)19-12-15-23(34-10)24(16-19)35-11/h12-18H,1-11H3. The van der Waals surface area contributed by atoms with Gasteiger partial charge in [0.05, 0.1) is 36.6 Å². The summed E-state index contributed by atoms with van der Waals surface area (Å²) >= 11 is 0. The van der Waals surface area contributed by atoms with E-state index in [2.05, 4.69) is 19.9 Å². The van der Waals surface area contributed by atoms with E-state index in [1.807, 2.05) is 78.8 Å². The van der Waals surface area contributed by atoms with Crippen molar-refractivity contribution in [1.82, 2.24) is 4.57 Å². The summed E-state index contributed by atoms with van der Waals surface area (Å²) in [5.74, 6) is 1.29. The van der Waals surface area contributed by atoms with E-state index in [4.69, 9.17) is 23.5 Å². The second kappa shape index (κ2) is 9.65. The summed E-state index contributed by atoms with van der Waals surface area (Å²) in [6, 6.07) is 11.7. The smallest absolute Gasteiger partial charge is 0.493 e. The van der Waals surface area contributed by atoms with Crippen molar-refractivity contribution in [2.45, 2.75) is 85.0 Å². The van der Waals surface area contributed by atoms with Gasteiger partial charge in [0.25, 0.3) is 0 Å². The number of carbonyl (C=O) groups is 1. The van der Waals surface area contributed by atoms with E-state index >= 15 is 0 Å². The molecule has 38 heavy (non-hydrogen) atoms. The first kappa shape index (κ1) is 28.1. The highest BCUT2D eigenvalue weighted by atomic mass is 16.7. The molecule has 1 aliphatic heterocycles. The number of nitrogens with zero attached hydrogens (tertiary/aromatic N) is 1. The molecule has 2 aromatic carbocycles. The van der Waals surface area contributed by atoms with Crippen molar-refractivity contribution in [2.24, 2.45) is 0 Å². The molecule has 0 unspecified atom stereocenters. The maximum absolute atomic E-state index is 13.7. The normalized spacial score (nSPS) is 16.8. The molecule has 1 saturated heterocycles. The van der Waals surface area contributed by atoms with Crippen LogP contribution < -0.4 is 14.9 Å². The molecule has 2 heterocycles. The second-order valence-corrected chi connectivity index (χ2v) is 12.2. The van der Waals surface area contributed by atoms with Crippen LogP contribution in [0, 0.1) is 0 Å². The zero-order chi connectivity index (χ0) is 28.2. The van der Waals surface area contributed by atoms with Crippen molar-refractivity contribution in [1.29, 1.82) is 0 Å². The molecule has 204 valence electrons. The fraction of sp³-hybridized carbons (Fsp3) is 0.500. The largest absolute Gasteiger partial charge is 0.494 e. The molecule has 7 nitrogen and oxygen atoms in total. The van der Waals surface area contributed by atoms with Crippen LogP contribution in [0.1, 0.15) is 73.8 Å². The van der Waals surface area contributed by atoms with Crippen LogP contribution >= 0.6 is 0 Å². The number of methoxy groups -OCH3 is 2. The Hall–Kier alpha value is -2.97. The zero-order valence-corrected chi connectivity index (χ0v) is 24.5. The Morgan fingerprint density at radius 1 is 0.921 bits per heavy atom. The fourth-order valence-electron chi connectivity index (χ4n) is 4.81. The molecule has 0 atom stereocenters. The van der Waals surface area contributed by atoms with Crippen LogP contribution in [0.2, 0.25) is 0 Å². The van der Waals surface area contributed by atoms with Crippen molar-refractivity contribution in [3.63, 3.8) is 0 Å². The van der Waals surface area contributed by atoms with Crippen molar-refractivity contribution in [2.75, 3.05) is 14.2 Å². The minimum Gasteiger partial charge on any atom is -0.493 e. The van der Waals surface area contributed by atoms with Crippen LogP contribution in [0.4, 0.5) is 4.79 Å². The highest BCUT2D eigenvalue weighted by molar-refractivity contribution is 6.62. The van der Waals surface area contributed by atoms with Gasteiger partial charge < -0.3 is 23.5 Å². The Balaban J connectivity index is 2.00. The van der Waals surface area contributed by atoms with Gasteiger partial charge in [-0.15, -0.1) is 0 Å². The topological polar surface area (TPSA) is 68.2 Å². The van der Waals surface area contributed by atoms with Gasteiger partial charge in [0.1, 0.15) is 5.60 Å². The van der Waals surface area contributed by atoms with Crippen LogP contribution in [-0.4, -0.2) is 48.8 Å². The van der Waals surface area contributed by atoms with Crippen molar-refractivity contribution in [3.8, 4) is 22.8 Å². The van der Waals surface area contributed by atoms with Crippen LogP contribution in [-0.2, 0) is 14.0 Å². The number of rotatable bonds is 5. The molecule has 0 bridgehead atoms. The molecule has 0 N–H and O–H groups in total. The highest BCUT2D eigenvalue weighted by Crippen LogP contribution is 2.42. The van der Waals surface area contributed by atoms with E-state index < -0.39 is 30.0 Å². The van der Waals surface area contributed by atoms with Gasteiger partial charge in [-0.3, -0.25) is 0 Å². The van der Waals surface area contributed by atoms with Gasteiger partial charge in [0.15, 0.2) is 11.5 Å². The summed E-state index contributed by atoms with van der Waals surface area (Å²) in [5.41, 5.74) is 2.69. The number of ether oxygens (including phenoxy) is 3. The van der Waals surface area contributed by atoms with E-state index in [1.165, 1.54) is 0 Å². The Bertz CT molecular complexity index is 1350. The molecule has 4 rings (SSSR count). The van der Waals surface area contributed by atoms with Gasteiger partial charge in [-0.2, -0.15) is 0 Å². The molecule has 0 saturated carbocycles. The minimum atomic E-state index is -0.664. The Morgan fingerprint density at radius 3 is 2.05 bits per heavy atom. The van der Waals surface area contributed by atoms with Gasteiger partial charge in [-0.25, -0.2) is 9.36 Å². The third kappa shape index (κ3) is 4.92. The molecule has 0 amide bonds. The Kier molecular flexibility index (Phi) is 7.13. The van der Waals surface area contributed by atoms with Gasteiger partial charge >= 0.3 is 13.2 Å². The van der Waals surface area contributed by atoms with E-state index in [9.17, 15) is 4.79 Å². The summed E-state index contributed by atoms with van der Waals surface area (Å²) in [7, 11) is 2.69. The van der Waals surface area contributed by atoms with Gasteiger partial charge in [0.2, 0.25) is 0 Å². The van der Waals surface area contributed by atoms with Gasteiger partial charge in [0, 0.05) is 10.9 Å². The van der Waals surface area contributed by atoms with Crippen LogP contribution in [0.3, 0.4) is 0 Å². The lowest BCUT2D eigenvalue weighted by Crippen LogP contribution is -2.41. The highest BCUT2D eigenvalue weighted by Gasteiger charge is 2.51. The third-order valence-corrected chi connectivity index (χ3v) is 7.37. The predicted molar refractivity (Wildman–Crippen MR) is 152 cm³/mol.